The standard InChI is InChI=1S/C10H8Cl3NO2/c1-14-8(15)6-4-2-3-5-7(6)16-9(14)10(11,12)13/h2-5,9H,1H3. The first kappa shape index (κ1) is 11.8. The van der Waals surface area contributed by atoms with Gasteiger partial charge < -0.3 is 9.64 Å². The van der Waals surface area contributed by atoms with E-state index in [0.29, 0.717) is 11.3 Å². The van der Waals surface area contributed by atoms with E-state index in [2.05, 4.69) is 0 Å². The lowest BCUT2D eigenvalue weighted by Crippen LogP contribution is -2.51. The maximum Gasteiger partial charge on any atom is 0.260 e. The van der Waals surface area contributed by atoms with Gasteiger partial charge in [-0.1, -0.05) is 46.9 Å². The van der Waals surface area contributed by atoms with Crippen molar-refractivity contribution in [3.05, 3.63) is 29.8 Å². The third kappa shape index (κ3) is 1.95. The third-order valence-electron chi connectivity index (χ3n) is 2.31. The molecule has 1 atom stereocenters. The van der Waals surface area contributed by atoms with Gasteiger partial charge in [0.2, 0.25) is 10.0 Å². The second-order valence-corrected chi connectivity index (χ2v) is 5.79. The molecule has 1 heterocycles. The van der Waals surface area contributed by atoms with E-state index in [0.717, 1.165) is 0 Å². The molecule has 1 aromatic rings. The van der Waals surface area contributed by atoms with Gasteiger partial charge in [0, 0.05) is 7.05 Å². The molecule has 1 aliphatic rings. The van der Waals surface area contributed by atoms with E-state index in [1.54, 1.807) is 24.3 Å². The largest absolute Gasteiger partial charge is 0.465 e. The molecule has 86 valence electrons. The normalized spacial score (nSPS) is 20.4. The molecule has 1 amide bonds. The highest BCUT2D eigenvalue weighted by Crippen LogP contribution is 2.38. The van der Waals surface area contributed by atoms with E-state index < -0.39 is 10.0 Å². The molecule has 1 aromatic carbocycles. The van der Waals surface area contributed by atoms with Crippen LogP contribution in [0, 0.1) is 0 Å². The van der Waals surface area contributed by atoms with Crippen LogP contribution in [0.4, 0.5) is 0 Å². The van der Waals surface area contributed by atoms with Crippen molar-refractivity contribution in [2.45, 2.75) is 10.0 Å². The fourth-order valence-electron chi connectivity index (χ4n) is 1.53. The molecule has 0 fully saturated rings. The molecule has 0 spiro atoms. The zero-order chi connectivity index (χ0) is 11.9. The van der Waals surface area contributed by atoms with Crippen LogP contribution in [-0.2, 0) is 0 Å². The Morgan fingerprint density at radius 3 is 2.56 bits per heavy atom. The number of carbonyl (C=O) groups excluding carboxylic acids is 1. The van der Waals surface area contributed by atoms with Crippen molar-refractivity contribution in [2.24, 2.45) is 0 Å². The van der Waals surface area contributed by atoms with Crippen molar-refractivity contribution < 1.29 is 9.53 Å². The van der Waals surface area contributed by atoms with Crippen molar-refractivity contribution >= 4 is 40.7 Å². The summed E-state index contributed by atoms with van der Waals surface area (Å²) in [7, 11) is 1.53. The molecular weight excluding hydrogens is 272 g/mol. The van der Waals surface area contributed by atoms with Crippen LogP contribution >= 0.6 is 34.8 Å². The van der Waals surface area contributed by atoms with Crippen LogP contribution in [0.15, 0.2) is 24.3 Å². The molecule has 2 rings (SSSR count). The number of halogens is 3. The van der Waals surface area contributed by atoms with E-state index in [4.69, 9.17) is 39.5 Å². The van der Waals surface area contributed by atoms with Crippen LogP contribution in [0.5, 0.6) is 5.75 Å². The first-order valence-corrected chi connectivity index (χ1v) is 5.64. The molecule has 0 radical (unpaired) electrons. The minimum Gasteiger partial charge on any atom is -0.465 e. The zero-order valence-electron chi connectivity index (χ0n) is 8.28. The van der Waals surface area contributed by atoms with Gasteiger partial charge >= 0.3 is 0 Å². The Bertz CT molecular complexity index is 430. The summed E-state index contributed by atoms with van der Waals surface area (Å²) in [6.45, 7) is 0. The molecule has 0 saturated carbocycles. The number of amides is 1. The Morgan fingerprint density at radius 2 is 1.94 bits per heavy atom. The number of hydrogen-bond donors (Lipinski definition) is 0. The quantitative estimate of drug-likeness (QED) is 0.684. The van der Waals surface area contributed by atoms with Gasteiger partial charge in [0.1, 0.15) is 5.75 Å². The lowest BCUT2D eigenvalue weighted by atomic mass is 10.1. The van der Waals surface area contributed by atoms with Crippen molar-refractivity contribution in [3.8, 4) is 5.75 Å². The van der Waals surface area contributed by atoms with Crippen molar-refractivity contribution in [1.82, 2.24) is 4.90 Å². The van der Waals surface area contributed by atoms with E-state index in [1.807, 2.05) is 0 Å². The van der Waals surface area contributed by atoms with Crippen LogP contribution in [0.25, 0.3) is 0 Å². The Kier molecular flexibility index (Phi) is 2.95. The molecule has 0 aliphatic carbocycles. The van der Waals surface area contributed by atoms with Crippen molar-refractivity contribution in [3.63, 3.8) is 0 Å². The van der Waals surface area contributed by atoms with Crippen LogP contribution in [-0.4, -0.2) is 27.9 Å². The minimum absolute atomic E-state index is 0.224. The number of rotatable bonds is 0. The molecule has 3 nitrogen and oxygen atoms in total. The highest BCUT2D eigenvalue weighted by molar-refractivity contribution is 6.68. The van der Waals surface area contributed by atoms with E-state index >= 15 is 0 Å². The molecule has 0 aromatic heterocycles. The van der Waals surface area contributed by atoms with E-state index in [9.17, 15) is 4.79 Å². The first-order valence-electron chi connectivity index (χ1n) is 4.51. The fraction of sp³-hybridized carbons (Fsp3) is 0.300. The molecule has 6 heteroatoms. The molecule has 16 heavy (non-hydrogen) atoms. The average Bonchev–Trinajstić information content (AvgIpc) is 2.22. The Morgan fingerprint density at radius 1 is 1.31 bits per heavy atom. The predicted octanol–water partition coefficient (Wildman–Crippen LogP) is 2.85. The number of fused-ring (bicyclic) bond motifs is 1. The van der Waals surface area contributed by atoms with Gasteiger partial charge in [0.15, 0.2) is 0 Å². The number of benzene rings is 1. The second-order valence-electron chi connectivity index (χ2n) is 3.42. The lowest BCUT2D eigenvalue weighted by Gasteiger charge is -2.37. The summed E-state index contributed by atoms with van der Waals surface area (Å²) in [5.74, 6) is 0.208. The SMILES string of the molecule is CN1C(=O)c2ccccc2OC1C(Cl)(Cl)Cl. The average molecular weight is 281 g/mol. The van der Waals surface area contributed by atoms with Gasteiger partial charge in [-0.15, -0.1) is 0 Å². The van der Waals surface area contributed by atoms with Crippen molar-refractivity contribution in [2.75, 3.05) is 7.05 Å². The van der Waals surface area contributed by atoms with Gasteiger partial charge in [0.25, 0.3) is 5.91 Å². The molecule has 0 N–H and O–H groups in total. The number of alkyl halides is 3. The third-order valence-corrected chi connectivity index (χ3v) is 2.87. The van der Waals surface area contributed by atoms with Gasteiger partial charge in [-0.05, 0) is 12.1 Å². The number of ether oxygens (including phenoxy) is 1. The number of para-hydroxylation sites is 1. The summed E-state index contributed by atoms with van der Waals surface area (Å²) in [6, 6.07) is 6.85. The maximum absolute atomic E-state index is 11.9. The smallest absolute Gasteiger partial charge is 0.260 e. The topological polar surface area (TPSA) is 29.5 Å². The highest BCUT2D eigenvalue weighted by atomic mass is 35.6. The first-order chi connectivity index (χ1) is 7.41. The summed E-state index contributed by atoms with van der Waals surface area (Å²) < 4.78 is 3.81. The molecule has 0 bridgehead atoms. The van der Waals surface area contributed by atoms with Gasteiger partial charge in [-0.25, -0.2) is 0 Å². The maximum atomic E-state index is 11.9. The van der Waals surface area contributed by atoms with Crippen LogP contribution in [0.3, 0.4) is 0 Å². The van der Waals surface area contributed by atoms with Gasteiger partial charge in [-0.2, -0.15) is 0 Å². The Balaban J connectivity index is 2.44. The Hall–Kier alpha value is -0.640. The number of nitrogens with zero attached hydrogens (tertiary/aromatic N) is 1. The predicted molar refractivity (Wildman–Crippen MR) is 63.2 cm³/mol. The molecular formula is C10H8Cl3NO2. The summed E-state index contributed by atoms with van der Waals surface area (Å²) in [5, 5.41) is 0. The van der Waals surface area contributed by atoms with Gasteiger partial charge in [0.05, 0.1) is 5.56 Å². The zero-order valence-corrected chi connectivity index (χ0v) is 10.6. The van der Waals surface area contributed by atoms with E-state index in [1.165, 1.54) is 11.9 Å². The lowest BCUT2D eigenvalue weighted by molar-refractivity contribution is 0.0231. The van der Waals surface area contributed by atoms with Crippen LogP contribution < -0.4 is 4.74 Å². The number of carbonyl (C=O) groups is 1. The Labute approximate surface area is 108 Å². The molecule has 0 saturated heterocycles. The monoisotopic (exact) mass is 279 g/mol. The minimum atomic E-state index is -1.68. The summed E-state index contributed by atoms with van der Waals surface area (Å²) >= 11 is 17.3. The molecule has 1 aliphatic heterocycles. The van der Waals surface area contributed by atoms with E-state index in [-0.39, 0.29) is 5.91 Å². The highest BCUT2D eigenvalue weighted by Gasteiger charge is 2.43. The summed E-state index contributed by atoms with van der Waals surface area (Å²) in [6.07, 6.45) is -0.917. The van der Waals surface area contributed by atoms with Gasteiger partial charge in [-0.3, -0.25) is 4.79 Å². The summed E-state index contributed by atoms with van der Waals surface area (Å²) in [4.78, 5) is 13.2. The number of hydrogen-bond acceptors (Lipinski definition) is 2. The second kappa shape index (κ2) is 3.99. The molecule has 1 unspecified atom stereocenters. The van der Waals surface area contributed by atoms with Crippen LogP contribution in [0.1, 0.15) is 10.4 Å². The van der Waals surface area contributed by atoms with Crippen LogP contribution in [0.2, 0.25) is 0 Å². The summed E-state index contributed by atoms with van der Waals surface area (Å²) in [5.41, 5.74) is 0.468. The fourth-order valence-corrected chi connectivity index (χ4v) is 2.10. The van der Waals surface area contributed by atoms with Crippen molar-refractivity contribution in [1.29, 1.82) is 0 Å².